The molecule has 0 aromatic heterocycles. The van der Waals surface area contributed by atoms with Crippen molar-refractivity contribution in [1.29, 1.82) is 5.41 Å². The fourth-order valence-electron chi connectivity index (χ4n) is 1.23. The van der Waals surface area contributed by atoms with Crippen LogP contribution < -0.4 is 0 Å². The van der Waals surface area contributed by atoms with Gasteiger partial charge in [-0.25, -0.2) is 0 Å². The van der Waals surface area contributed by atoms with E-state index >= 15 is 0 Å². The summed E-state index contributed by atoms with van der Waals surface area (Å²) in [6, 6.07) is 2.79. The molecule has 0 aliphatic rings. The Labute approximate surface area is 100 Å². The maximum atomic E-state index is 9.55. The van der Waals surface area contributed by atoms with Crippen LogP contribution in [0.5, 0.6) is 11.5 Å². The molecule has 1 aromatic carbocycles. The van der Waals surface area contributed by atoms with E-state index in [1.807, 2.05) is 6.92 Å². The van der Waals surface area contributed by atoms with Crippen LogP contribution in [0.4, 0.5) is 0 Å². The monoisotopic (exact) mass is 233 g/mol. The van der Waals surface area contributed by atoms with Gasteiger partial charge >= 0.3 is 0 Å². The third kappa shape index (κ3) is 3.51. The lowest BCUT2D eigenvalue weighted by atomic mass is 10.1. The molecule has 0 amide bonds. The number of phenolic OH excluding ortho intramolecular Hbond substituents is 2. The van der Waals surface area contributed by atoms with Crippen LogP contribution in [0, 0.1) is 17.3 Å². The zero-order chi connectivity index (χ0) is 12.8. The molecular weight excluding hydrogens is 218 g/mol. The van der Waals surface area contributed by atoms with E-state index in [1.165, 1.54) is 12.1 Å². The number of benzene rings is 1. The smallest absolute Gasteiger partial charge is 0.173 e. The maximum absolute atomic E-state index is 9.55. The van der Waals surface area contributed by atoms with E-state index in [9.17, 15) is 15.3 Å². The minimum Gasteiger partial charge on any atom is -0.504 e. The van der Waals surface area contributed by atoms with Crippen molar-refractivity contribution in [2.75, 3.05) is 0 Å². The molecule has 4 heteroatoms. The summed E-state index contributed by atoms with van der Waals surface area (Å²) in [7, 11) is 0. The molecule has 1 aromatic rings. The van der Waals surface area contributed by atoms with Crippen LogP contribution in [0.2, 0.25) is 0 Å². The van der Waals surface area contributed by atoms with Crippen LogP contribution in [-0.4, -0.2) is 27.6 Å². The lowest BCUT2D eigenvalue weighted by Crippen LogP contribution is -2.01. The second kappa shape index (κ2) is 5.92. The SMILES string of the molecule is CCC(O)CC#Cc1cc(C=N)cc(O)c1O. The van der Waals surface area contributed by atoms with Crippen LogP contribution in [0.3, 0.4) is 0 Å². The summed E-state index contributed by atoms with van der Waals surface area (Å²) in [6.07, 6.45) is 1.51. The van der Waals surface area contributed by atoms with E-state index in [0.717, 1.165) is 6.21 Å². The van der Waals surface area contributed by atoms with Gasteiger partial charge in [-0.3, -0.25) is 0 Å². The molecule has 1 unspecified atom stereocenters. The van der Waals surface area contributed by atoms with E-state index in [1.54, 1.807) is 0 Å². The Morgan fingerprint density at radius 2 is 2.12 bits per heavy atom. The van der Waals surface area contributed by atoms with Crippen LogP contribution in [0.15, 0.2) is 12.1 Å². The first-order valence-electron chi connectivity index (χ1n) is 5.31. The van der Waals surface area contributed by atoms with Gasteiger partial charge < -0.3 is 20.7 Å². The van der Waals surface area contributed by atoms with Gasteiger partial charge in [0.05, 0.1) is 11.7 Å². The average Bonchev–Trinajstić information content (AvgIpc) is 2.33. The quantitative estimate of drug-likeness (QED) is 0.363. The molecule has 0 saturated heterocycles. The molecule has 0 radical (unpaired) electrons. The van der Waals surface area contributed by atoms with Crippen LogP contribution in [0.25, 0.3) is 0 Å². The molecule has 0 saturated carbocycles. The molecule has 0 spiro atoms. The van der Waals surface area contributed by atoms with Crippen LogP contribution >= 0.6 is 0 Å². The molecular formula is C13H15NO3. The molecule has 4 nitrogen and oxygen atoms in total. The van der Waals surface area contributed by atoms with Crippen molar-refractivity contribution in [2.45, 2.75) is 25.9 Å². The van der Waals surface area contributed by atoms with Gasteiger partial charge in [0.15, 0.2) is 11.5 Å². The second-order valence-electron chi connectivity index (χ2n) is 3.65. The molecule has 1 atom stereocenters. The van der Waals surface area contributed by atoms with E-state index in [4.69, 9.17) is 5.41 Å². The van der Waals surface area contributed by atoms with Gasteiger partial charge in [0.1, 0.15) is 0 Å². The second-order valence-corrected chi connectivity index (χ2v) is 3.65. The summed E-state index contributed by atoms with van der Waals surface area (Å²) in [5.74, 6) is 4.80. The molecule has 0 aliphatic heterocycles. The summed E-state index contributed by atoms with van der Waals surface area (Å²) >= 11 is 0. The topological polar surface area (TPSA) is 84.5 Å². The molecule has 0 heterocycles. The third-order valence-electron chi connectivity index (χ3n) is 2.31. The predicted octanol–water partition coefficient (Wildman–Crippen LogP) is 1.61. The highest BCUT2D eigenvalue weighted by atomic mass is 16.3. The van der Waals surface area contributed by atoms with Crippen LogP contribution in [-0.2, 0) is 0 Å². The Morgan fingerprint density at radius 1 is 1.41 bits per heavy atom. The molecule has 4 N–H and O–H groups in total. The van der Waals surface area contributed by atoms with Crippen LogP contribution in [0.1, 0.15) is 30.9 Å². The number of hydrogen-bond donors (Lipinski definition) is 4. The van der Waals surface area contributed by atoms with Crippen molar-refractivity contribution in [2.24, 2.45) is 0 Å². The van der Waals surface area contributed by atoms with Crippen molar-refractivity contribution < 1.29 is 15.3 Å². The molecule has 1 rings (SSSR count). The van der Waals surface area contributed by atoms with Gasteiger partial charge in [-0.2, -0.15) is 0 Å². The molecule has 17 heavy (non-hydrogen) atoms. The Bertz CT molecular complexity index is 472. The highest BCUT2D eigenvalue weighted by molar-refractivity contribution is 5.80. The van der Waals surface area contributed by atoms with E-state index in [-0.39, 0.29) is 17.1 Å². The average molecular weight is 233 g/mol. The number of rotatable bonds is 3. The highest BCUT2D eigenvalue weighted by Crippen LogP contribution is 2.29. The summed E-state index contributed by atoms with van der Waals surface area (Å²) < 4.78 is 0. The minimum atomic E-state index is -0.482. The first-order valence-corrected chi connectivity index (χ1v) is 5.31. The lowest BCUT2D eigenvalue weighted by Gasteiger charge is -2.02. The van der Waals surface area contributed by atoms with Crippen molar-refractivity contribution in [1.82, 2.24) is 0 Å². The Hall–Kier alpha value is -1.99. The van der Waals surface area contributed by atoms with Gasteiger partial charge in [0.2, 0.25) is 0 Å². The largest absolute Gasteiger partial charge is 0.504 e. The normalized spacial score (nSPS) is 11.4. The number of aromatic hydroxyl groups is 2. The fourth-order valence-corrected chi connectivity index (χ4v) is 1.23. The van der Waals surface area contributed by atoms with Gasteiger partial charge in [-0.1, -0.05) is 18.8 Å². The number of phenols is 2. The Kier molecular flexibility index (Phi) is 4.56. The van der Waals surface area contributed by atoms with Gasteiger partial charge in [0, 0.05) is 12.6 Å². The zero-order valence-corrected chi connectivity index (χ0v) is 9.57. The third-order valence-corrected chi connectivity index (χ3v) is 2.31. The lowest BCUT2D eigenvalue weighted by molar-refractivity contribution is 0.176. The van der Waals surface area contributed by atoms with Gasteiger partial charge in [-0.05, 0) is 24.1 Å². The fraction of sp³-hybridized carbons (Fsp3) is 0.308. The number of aliphatic hydroxyl groups is 1. The molecule has 0 bridgehead atoms. The molecule has 0 fully saturated rings. The van der Waals surface area contributed by atoms with Crippen molar-refractivity contribution in [3.05, 3.63) is 23.3 Å². The number of aliphatic hydroxyl groups excluding tert-OH is 1. The first kappa shape index (κ1) is 13.1. The summed E-state index contributed by atoms with van der Waals surface area (Å²) in [6.45, 7) is 1.85. The standard InChI is InChI=1S/C13H15NO3/c1-2-11(15)5-3-4-10-6-9(8-14)7-12(16)13(10)17/h6-8,11,14-17H,2,5H2,1H3. The number of hydrogen-bond acceptors (Lipinski definition) is 4. The zero-order valence-electron chi connectivity index (χ0n) is 9.57. The van der Waals surface area contributed by atoms with Crippen molar-refractivity contribution >= 4 is 6.21 Å². The molecule has 0 aliphatic carbocycles. The summed E-state index contributed by atoms with van der Waals surface area (Å²) in [4.78, 5) is 0. The number of nitrogens with one attached hydrogen (secondary N) is 1. The highest BCUT2D eigenvalue weighted by Gasteiger charge is 2.06. The molecule has 90 valence electrons. The van der Waals surface area contributed by atoms with E-state index in [0.29, 0.717) is 18.4 Å². The predicted molar refractivity (Wildman–Crippen MR) is 65.5 cm³/mol. The first-order chi connectivity index (χ1) is 8.08. The Balaban J connectivity index is 2.97. The van der Waals surface area contributed by atoms with Gasteiger partial charge in [-0.15, -0.1) is 0 Å². The maximum Gasteiger partial charge on any atom is 0.173 e. The summed E-state index contributed by atoms with van der Waals surface area (Å²) in [5, 5.41) is 35.3. The Morgan fingerprint density at radius 3 is 2.71 bits per heavy atom. The van der Waals surface area contributed by atoms with Crippen molar-refractivity contribution in [3.63, 3.8) is 0 Å². The van der Waals surface area contributed by atoms with E-state index < -0.39 is 6.10 Å². The van der Waals surface area contributed by atoms with E-state index in [2.05, 4.69) is 11.8 Å². The van der Waals surface area contributed by atoms with Gasteiger partial charge in [0.25, 0.3) is 0 Å². The van der Waals surface area contributed by atoms with Crippen molar-refractivity contribution in [3.8, 4) is 23.3 Å². The minimum absolute atomic E-state index is 0.256. The summed E-state index contributed by atoms with van der Waals surface area (Å²) in [5.41, 5.74) is 0.715.